The second-order valence-corrected chi connectivity index (χ2v) is 5.72. The molecule has 1 unspecified atom stereocenters. The van der Waals surface area contributed by atoms with Crippen LogP contribution in [0.1, 0.15) is 25.5 Å². The van der Waals surface area contributed by atoms with E-state index in [1.165, 1.54) is 10.3 Å². The van der Waals surface area contributed by atoms with Crippen molar-refractivity contribution < 1.29 is 0 Å². The topological polar surface area (TPSA) is 29.0 Å². The molecule has 0 fully saturated rings. The SMILES string of the molecule is CCN(c1nc2ccccc2s1)C(C)c1cccnc1. The zero-order valence-corrected chi connectivity index (χ0v) is 12.5. The number of para-hydroxylation sites is 1. The van der Waals surface area contributed by atoms with Gasteiger partial charge in [0.25, 0.3) is 0 Å². The maximum Gasteiger partial charge on any atom is 0.186 e. The van der Waals surface area contributed by atoms with Gasteiger partial charge in [0.2, 0.25) is 0 Å². The average molecular weight is 283 g/mol. The van der Waals surface area contributed by atoms with Crippen LogP contribution in [-0.2, 0) is 0 Å². The fraction of sp³-hybridized carbons (Fsp3) is 0.250. The van der Waals surface area contributed by atoms with E-state index >= 15 is 0 Å². The molecule has 4 heteroatoms. The molecule has 0 N–H and O–H groups in total. The summed E-state index contributed by atoms with van der Waals surface area (Å²) < 4.78 is 1.24. The summed E-state index contributed by atoms with van der Waals surface area (Å²) in [4.78, 5) is 11.3. The van der Waals surface area contributed by atoms with Crippen molar-refractivity contribution in [2.24, 2.45) is 0 Å². The molecule has 1 atom stereocenters. The number of aromatic nitrogens is 2. The summed E-state index contributed by atoms with van der Waals surface area (Å²) in [5.74, 6) is 0. The molecular weight excluding hydrogens is 266 g/mol. The number of fused-ring (bicyclic) bond motifs is 1. The molecule has 0 aliphatic heterocycles. The molecule has 2 aromatic heterocycles. The largest absolute Gasteiger partial charge is 0.342 e. The third-order valence-electron chi connectivity index (χ3n) is 3.50. The zero-order valence-electron chi connectivity index (χ0n) is 11.7. The Kier molecular flexibility index (Phi) is 3.65. The van der Waals surface area contributed by atoms with Gasteiger partial charge in [0.1, 0.15) is 0 Å². The van der Waals surface area contributed by atoms with Crippen molar-refractivity contribution in [1.29, 1.82) is 0 Å². The molecule has 102 valence electrons. The van der Waals surface area contributed by atoms with Gasteiger partial charge in [-0.05, 0) is 37.6 Å². The maximum atomic E-state index is 4.75. The molecule has 0 aliphatic rings. The molecule has 2 heterocycles. The summed E-state index contributed by atoms with van der Waals surface area (Å²) in [5, 5.41) is 1.07. The molecule has 3 aromatic rings. The van der Waals surface area contributed by atoms with Gasteiger partial charge in [-0.3, -0.25) is 4.98 Å². The highest BCUT2D eigenvalue weighted by Crippen LogP contribution is 2.33. The van der Waals surface area contributed by atoms with E-state index in [1.54, 1.807) is 11.3 Å². The normalized spacial score (nSPS) is 12.5. The summed E-state index contributed by atoms with van der Waals surface area (Å²) in [6.45, 7) is 5.29. The van der Waals surface area contributed by atoms with Gasteiger partial charge in [-0.2, -0.15) is 0 Å². The Labute approximate surface area is 122 Å². The zero-order chi connectivity index (χ0) is 13.9. The molecule has 0 bridgehead atoms. The van der Waals surface area contributed by atoms with Gasteiger partial charge < -0.3 is 4.90 Å². The summed E-state index contributed by atoms with van der Waals surface area (Å²) in [7, 11) is 0. The Bertz CT molecular complexity index is 660. The summed E-state index contributed by atoms with van der Waals surface area (Å²) in [5.41, 5.74) is 2.29. The van der Waals surface area contributed by atoms with Crippen LogP contribution in [0.25, 0.3) is 10.2 Å². The molecule has 0 saturated heterocycles. The van der Waals surface area contributed by atoms with Crippen molar-refractivity contribution in [3.63, 3.8) is 0 Å². The first-order chi connectivity index (χ1) is 9.79. The van der Waals surface area contributed by atoms with E-state index in [0.29, 0.717) is 0 Å². The third-order valence-corrected chi connectivity index (χ3v) is 4.58. The molecule has 0 saturated carbocycles. The summed E-state index contributed by atoms with van der Waals surface area (Å²) in [6.07, 6.45) is 3.74. The van der Waals surface area contributed by atoms with E-state index in [9.17, 15) is 0 Å². The van der Waals surface area contributed by atoms with Crippen LogP contribution < -0.4 is 4.90 Å². The lowest BCUT2D eigenvalue weighted by Gasteiger charge is -2.27. The van der Waals surface area contributed by atoms with E-state index in [4.69, 9.17) is 4.98 Å². The lowest BCUT2D eigenvalue weighted by molar-refractivity contribution is 0.685. The van der Waals surface area contributed by atoms with Crippen LogP contribution in [0.2, 0.25) is 0 Å². The highest BCUT2D eigenvalue weighted by molar-refractivity contribution is 7.22. The Morgan fingerprint density at radius 2 is 2.05 bits per heavy atom. The predicted octanol–water partition coefficient (Wildman–Crippen LogP) is 4.28. The van der Waals surface area contributed by atoms with Crippen LogP contribution in [0.3, 0.4) is 0 Å². The second kappa shape index (κ2) is 5.59. The highest BCUT2D eigenvalue weighted by Gasteiger charge is 2.18. The minimum Gasteiger partial charge on any atom is -0.342 e. The van der Waals surface area contributed by atoms with Crippen LogP contribution >= 0.6 is 11.3 Å². The second-order valence-electron chi connectivity index (χ2n) is 4.71. The monoisotopic (exact) mass is 283 g/mol. The van der Waals surface area contributed by atoms with Crippen molar-refractivity contribution >= 4 is 26.7 Å². The van der Waals surface area contributed by atoms with Crippen LogP contribution in [-0.4, -0.2) is 16.5 Å². The number of anilines is 1. The first kappa shape index (κ1) is 13.1. The van der Waals surface area contributed by atoms with Gasteiger partial charge in [-0.25, -0.2) is 4.98 Å². The average Bonchev–Trinajstić information content (AvgIpc) is 2.92. The Morgan fingerprint density at radius 1 is 1.20 bits per heavy atom. The molecule has 0 aliphatic carbocycles. The number of hydrogen-bond donors (Lipinski definition) is 0. The van der Waals surface area contributed by atoms with E-state index in [0.717, 1.165) is 17.2 Å². The van der Waals surface area contributed by atoms with Crippen LogP contribution in [0.5, 0.6) is 0 Å². The molecular formula is C16H17N3S. The molecule has 0 spiro atoms. The number of benzene rings is 1. The number of pyridine rings is 1. The van der Waals surface area contributed by atoms with Gasteiger partial charge in [0.05, 0.1) is 16.3 Å². The van der Waals surface area contributed by atoms with Crippen molar-refractivity contribution in [3.8, 4) is 0 Å². The van der Waals surface area contributed by atoms with Crippen LogP contribution in [0.15, 0.2) is 48.8 Å². The number of rotatable bonds is 4. The minimum atomic E-state index is 0.272. The quantitative estimate of drug-likeness (QED) is 0.715. The lowest BCUT2D eigenvalue weighted by Crippen LogP contribution is -2.26. The van der Waals surface area contributed by atoms with Gasteiger partial charge >= 0.3 is 0 Å². The van der Waals surface area contributed by atoms with Gasteiger partial charge in [-0.15, -0.1) is 0 Å². The third kappa shape index (κ3) is 2.39. The van der Waals surface area contributed by atoms with E-state index in [1.807, 2.05) is 24.5 Å². The molecule has 20 heavy (non-hydrogen) atoms. The molecule has 0 radical (unpaired) electrons. The Balaban J connectivity index is 1.97. The van der Waals surface area contributed by atoms with Gasteiger partial charge in [0.15, 0.2) is 5.13 Å². The maximum absolute atomic E-state index is 4.75. The first-order valence-electron chi connectivity index (χ1n) is 6.81. The van der Waals surface area contributed by atoms with Gasteiger partial charge in [-0.1, -0.05) is 29.5 Å². The standard InChI is InChI=1S/C16H17N3S/c1-3-19(12(2)13-7-6-10-17-11-13)16-18-14-8-4-5-9-15(14)20-16/h4-12H,3H2,1-2H3. The predicted molar refractivity (Wildman–Crippen MR) is 85.3 cm³/mol. The highest BCUT2D eigenvalue weighted by atomic mass is 32.1. The Hall–Kier alpha value is -1.94. The molecule has 3 nitrogen and oxygen atoms in total. The molecule has 3 rings (SSSR count). The van der Waals surface area contributed by atoms with Gasteiger partial charge in [0, 0.05) is 18.9 Å². The smallest absolute Gasteiger partial charge is 0.186 e. The fourth-order valence-corrected chi connectivity index (χ4v) is 3.47. The van der Waals surface area contributed by atoms with Crippen molar-refractivity contribution in [2.75, 3.05) is 11.4 Å². The number of hydrogen-bond acceptors (Lipinski definition) is 4. The van der Waals surface area contributed by atoms with Crippen LogP contribution in [0.4, 0.5) is 5.13 Å². The van der Waals surface area contributed by atoms with Crippen molar-refractivity contribution in [1.82, 2.24) is 9.97 Å². The van der Waals surface area contributed by atoms with Crippen molar-refractivity contribution in [2.45, 2.75) is 19.9 Å². The fourth-order valence-electron chi connectivity index (χ4n) is 2.36. The summed E-state index contributed by atoms with van der Waals surface area (Å²) in [6, 6.07) is 12.7. The van der Waals surface area contributed by atoms with E-state index in [2.05, 4.69) is 48.0 Å². The van der Waals surface area contributed by atoms with E-state index < -0.39 is 0 Å². The van der Waals surface area contributed by atoms with E-state index in [-0.39, 0.29) is 6.04 Å². The van der Waals surface area contributed by atoms with Crippen molar-refractivity contribution in [3.05, 3.63) is 54.4 Å². The molecule has 1 aromatic carbocycles. The van der Waals surface area contributed by atoms with Crippen LogP contribution in [0, 0.1) is 0 Å². The minimum absolute atomic E-state index is 0.272. The Morgan fingerprint density at radius 3 is 2.75 bits per heavy atom. The lowest BCUT2D eigenvalue weighted by atomic mass is 10.1. The molecule has 0 amide bonds. The number of nitrogens with zero attached hydrogens (tertiary/aromatic N) is 3. The summed E-state index contributed by atoms with van der Waals surface area (Å²) >= 11 is 1.75. The first-order valence-corrected chi connectivity index (χ1v) is 7.63. The number of thiazole rings is 1.